The first kappa shape index (κ1) is 13.1. The van der Waals surface area contributed by atoms with Gasteiger partial charge in [0.05, 0.1) is 0 Å². The second-order valence-corrected chi connectivity index (χ2v) is 6.36. The van der Waals surface area contributed by atoms with Crippen molar-refractivity contribution >= 4 is 0 Å². The van der Waals surface area contributed by atoms with Gasteiger partial charge >= 0.3 is 0 Å². The van der Waals surface area contributed by atoms with Gasteiger partial charge in [0.2, 0.25) is 0 Å². The lowest BCUT2D eigenvalue weighted by Crippen LogP contribution is -2.38. The minimum atomic E-state index is 0.531. The molecule has 0 saturated heterocycles. The summed E-state index contributed by atoms with van der Waals surface area (Å²) < 4.78 is 0. The van der Waals surface area contributed by atoms with Crippen molar-refractivity contribution < 1.29 is 0 Å². The molecule has 104 valence electrons. The summed E-state index contributed by atoms with van der Waals surface area (Å²) in [4.78, 5) is 4.57. The SMILES string of the molecule is CCCNC(C(C)c1ccccn1)C1C2CCCC21. The molecule has 1 N–H and O–H groups in total. The molecular formula is C17H26N2. The molecule has 1 aromatic rings. The van der Waals surface area contributed by atoms with Gasteiger partial charge in [0.1, 0.15) is 0 Å². The molecule has 1 aromatic heterocycles. The van der Waals surface area contributed by atoms with Crippen LogP contribution in [0.25, 0.3) is 0 Å². The molecule has 0 spiro atoms. The minimum absolute atomic E-state index is 0.531. The zero-order chi connectivity index (χ0) is 13.2. The average molecular weight is 258 g/mol. The van der Waals surface area contributed by atoms with Gasteiger partial charge in [-0.2, -0.15) is 0 Å². The zero-order valence-corrected chi connectivity index (χ0v) is 12.2. The molecule has 0 bridgehead atoms. The topological polar surface area (TPSA) is 24.9 Å². The average Bonchev–Trinajstić information content (AvgIpc) is 2.92. The van der Waals surface area contributed by atoms with E-state index in [1.165, 1.54) is 31.4 Å². The van der Waals surface area contributed by atoms with Crippen molar-refractivity contribution in [3.63, 3.8) is 0 Å². The van der Waals surface area contributed by atoms with Gasteiger partial charge in [0.15, 0.2) is 0 Å². The molecule has 2 fully saturated rings. The molecule has 0 amide bonds. The number of nitrogens with one attached hydrogen (secondary N) is 1. The van der Waals surface area contributed by atoms with Crippen molar-refractivity contribution in [3.8, 4) is 0 Å². The number of rotatable bonds is 6. The van der Waals surface area contributed by atoms with E-state index >= 15 is 0 Å². The van der Waals surface area contributed by atoms with E-state index in [1.54, 1.807) is 0 Å². The van der Waals surface area contributed by atoms with E-state index in [0.717, 1.165) is 24.3 Å². The van der Waals surface area contributed by atoms with E-state index in [4.69, 9.17) is 0 Å². The third kappa shape index (κ3) is 2.55. The van der Waals surface area contributed by atoms with Crippen LogP contribution in [0.4, 0.5) is 0 Å². The summed E-state index contributed by atoms with van der Waals surface area (Å²) in [7, 11) is 0. The predicted octanol–water partition coefficient (Wildman–Crippen LogP) is 3.60. The van der Waals surface area contributed by atoms with Gasteiger partial charge in [-0.05, 0) is 55.7 Å². The summed E-state index contributed by atoms with van der Waals surface area (Å²) in [6.07, 6.45) is 7.54. The number of hydrogen-bond acceptors (Lipinski definition) is 2. The van der Waals surface area contributed by atoms with Crippen LogP contribution in [0.3, 0.4) is 0 Å². The van der Waals surface area contributed by atoms with E-state index in [1.807, 2.05) is 12.3 Å². The van der Waals surface area contributed by atoms with Crippen LogP contribution < -0.4 is 5.32 Å². The van der Waals surface area contributed by atoms with Crippen LogP contribution in [0, 0.1) is 17.8 Å². The summed E-state index contributed by atoms with van der Waals surface area (Å²) in [5.74, 6) is 3.47. The fourth-order valence-corrected chi connectivity index (χ4v) is 4.20. The van der Waals surface area contributed by atoms with Crippen LogP contribution in [-0.4, -0.2) is 17.6 Å². The third-order valence-electron chi connectivity index (χ3n) is 5.21. The van der Waals surface area contributed by atoms with E-state index < -0.39 is 0 Å². The molecule has 19 heavy (non-hydrogen) atoms. The third-order valence-corrected chi connectivity index (χ3v) is 5.21. The number of nitrogens with zero attached hydrogens (tertiary/aromatic N) is 1. The molecule has 4 atom stereocenters. The Bertz CT molecular complexity index is 393. The maximum atomic E-state index is 4.57. The number of fused-ring (bicyclic) bond motifs is 1. The van der Waals surface area contributed by atoms with E-state index in [0.29, 0.717) is 12.0 Å². The van der Waals surface area contributed by atoms with Gasteiger partial charge in [-0.1, -0.05) is 26.3 Å². The van der Waals surface area contributed by atoms with Gasteiger partial charge < -0.3 is 5.32 Å². The lowest BCUT2D eigenvalue weighted by molar-refractivity contribution is 0.359. The molecule has 2 aliphatic rings. The Labute approximate surface area is 117 Å². The largest absolute Gasteiger partial charge is 0.313 e. The molecule has 2 aliphatic carbocycles. The summed E-state index contributed by atoms with van der Waals surface area (Å²) in [6.45, 7) is 5.74. The Morgan fingerprint density at radius 2 is 2.11 bits per heavy atom. The first-order valence-corrected chi connectivity index (χ1v) is 7.97. The first-order valence-electron chi connectivity index (χ1n) is 7.97. The van der Waals surface area contributed by atoms with E-state index in [2.05, 4.69) is 36.3 Å². The lowest BCUT2D eigenvalue weighted by atomic mass is 9.90. The van der Waals surface area contributed by atoms with E-state index in [9.17, 15) is 0 Å². The quantitative estimate of drug-likeness (QED) is 0.843. The summed E-state index contributed by atoms with van der Waals surface area (Å²) in [5, 5.41) is 3.82. The Hall–Kier alpha value is -0.890. The Morgan fingerprint density at radius 3 is 2.74 bits per heavy atom. The highest BCUT2D eigenvalue weighted by Gasteiger charge is 2.56. The second kappa shape index (κ2) is 5.62. The number of aromatic nitrogens is 1. The molecule has 4 unspecified atom stereocenters. The maximum absolute atomic E-state index is 4.57. The smallest absolute Gasteiger partial charge is 0.0447 e. The van der Waals surface area contributed by atoms with Gasteiger partial charge in [-0.3, -0.25) is 4.98 Å². The monoisotopic (exact) mass is 258 g/mol. The summed E-state index contributed by atoms with van der Waals surface area (Å²) in [5.41, 5.74) is 1.25. The molecule has 2 nitrogen and oxygen atoms in total. The van der Waals surface area contributed by atoms with Crippen molar-refractivity contribution in [2.24, 2.45) is 17.8 Å². The van der Waals surface area contributed by atoms with Crippen LogP contribution in [-0.2, 0) is 0 Å². The molecule has 0 radical (unpaired) electrons. The molecule has 3 rings (SSSR count). The Morgan fingerprint density at radius 1 is 1.32 bits per heavy atom. The standard InChI is InChI=1S/C17H26N2/c1-3-10-19-17(16-13-7-6-8-14(13)16)12(2)15-9-4-5-11-18-15/h4-5,9,11-14,16-17,19H,3,6-8,10H2,1-2H3. The number of hydrogen-bond donors (Lipinski definition) is 1. The number of pyridine rings is 1. The van der Waals surface area contributed by atoms with Crippen LogP contribution >= 0.6 is 0 Å². The molecular weight excluding hydrogens is 232 g/mol. The molecule has 0 aromatic carbocycles. The predicted molar refractivity (Wildman–Crippen MR) is 79.1 cm³/mol. The highest BCUT2D eigenvalue weighted by atomic mass is 15.0. The molecule has 2 heteroatoms. The van der Waals surface area contributed by atoms with Gasteiger partial charge in [0, 0.05) is 23.9 Å². The van der Waals surface area contributed by atoms with Gasteiger partial charge in [-0.25, -0.2) is 0 Å². The van der Waals surface area contributed by atoms with Gasteiger partial charge in [-0.15, -0.1) is 0 Å². The van der Waals surface area contributed by atoms with Crippen LogP contribution in [0.1, 0.15) is 51.1 Å². The van der Waals surface area contributed by atoms with Gasteiger partial charge in [0.25, 0.3) is 0 Å². The summed E-state index contributed by atoms with van der Waals surface area (Å²) in [6, 6.07) is 6.94. The van der Waals surface area contributed by atoms with Crippen LogP contribution in [0.5, 0.6) is 0 Å². The van der Waals surface area contributed by atoms with Crippen molar-refractivity contribution in [2.45, 2.75) is 51.5 Å². The van der Waals surface area contributed by atoms with Crippen molar-refractivity contribution in [3.05, 3.63) is 30.1 Å². The summed E-state index contributed by atoms with van der Waals surface area (Å²) >= 11 is 0. The first-order chi connectivity index (χ1) is 9.33. The molecule has 0 aliphatic heterocycles. The Kier molecular flexibility index (Phi) is 3.88. The van der Waals surface area contributed by atoms with Crippen molar-refractivity contribution in [1.29, 1.82) is 0 Å². The second-order valence-electron chi connectivity index (χ2n) is 6.36. The highest BCUT2D eigenvalue weighted by Crippen LogP contribution is 2.60. The van der Waals surface area contributed by atoms with Crippen molar-refractivity contribution in [2.75, 3.05) is 6.54 Å². The molecule has 2 saturated carbocycles. The van der Waals surface area contributed by atoms with Crippen LogP contribution in [0.2, 0.25) is 0 Å². The lowest BCUT2D eigenvalue weighted by Gasteiger charge is -2.26. The van der Waals surface area contributed by atoms with Crippen LogP contribution in [0.15, 0.2) is 24.4 Å². The normalized spacial score (nSPS) is 31.8. The Balaban J connectivity index is 1.72. The fourth-order valence-electron chi connectivity index (χ4n) is 4.20. The van der Waals surface area contributed by atoms with E-state index in [-0.39, 0.29) is 0 Å². The minimum Gasteiger partial charge on any atom is -0.313 e. The fraction of sp³-hybridized carbons (Fsp3) is 0.706. The molecule has 1 heterocycles. The highest BCUT2D eigenvalue weighted by molar-refractivity contribution is 5.16. The maximum Gasteiger partial charge on any atom is 0.0447 e. The van der Waals surface area contributed by atoms with Crippen molar-refractivity contribution in [1.82, 2.24) is 10.3 Å². The zero-order valence-electron chi connectivity index (χ0n) is 12.2.